The smallest absolute Gasteiger partial charge is 0.251 e. The van der Waals surface area contributed by atoms with E-state index in [0.29, 0.717) is 5.56 Å². The molecule has 1 aliphatic rings. The van der Waals surface area contributed by atoms with Gasteiger partial charge in [-0.3, -0.25) is 4.79 Å². The number of benzene rings is 1. The number of amides is 1. The fourth-order valence-electron chi connectivity index (χ4n) is 2.19. The molecule has 0 bridgehead atoms. The molecule has 0 fully saturated rings. The van der Waals surface area contributed by atoms with Gasteiger partial charge in [0.2, 0.25) is 0 Å². The van der Waals surface area contributed by atoms with Gasteiger partial charge in [-0.2, -0.15) is 0 Å². The van der Waals surface area contributed by atoms with Crippen molar-refractivity contribution >= 4 is 11.6 Å². The largest absolute Gasteiger partial charge is 0.385 e. The summed E-state index contributed by atoms with van der Waals surface area (Å²) >= 11 is 0. The Morgan fingerprint density at radius 2 is 2.06 bits per heavy atom. The van der Waals surface area contributed by atoms with E-state index in [1.807, 2.05) is 24.3 Å². The molecule has 96 valence electrons. The average Bonchev–Trinajstić information content (AvgIpc) is 2.46. The van der Waals surface area contributed by atoms with Crippen LogP contribution in [0.4, 0.5) is 5.69 Å². The highest BCUT2D eigenvalue weighted by Crippen LogP contribution is 2.19. The van der Waals surface area contributed by atoms with Crippen LogP contribution in [-0.2, 0) is 0 Å². The van der Waals surface area contributed by atoms with Crippen molar-refractivity contribution in [1.82, 2.24) is 5.32 Å². The summed E-state index contributed by atoms with van der Waals surface area (Å²) in [4.78, 5) is 11.4. The first-order valence-corrected chi connectivity index (χ1v) is 6.50. The number of hydrogen-bond acceptors (Lipinski definition) is 2. The molecule has 2 N–H and O–H groups in total. The first-order chi connectivity index (χ1) is 8.79. The van der Waals surface area contributed by atoms with Crippen molar-refractivity contribution in [3.05, 3.63) is 42.0 Å². The van der Waals surface area contributed by atoms with E-state index >= 15 is 0 Å². The molecule has 0 saturated carbocycles. The Hall–Kier alpha value is -1.77. The summed E-state index contributed by atoms with van der Waals surface area (Å²) in [6, 6.07) is 7.62. The van der Waals surface area contributed by atoms with Crippen molar-refractivity contribution in [1.29, 1.82) is 0 Å². The number of hydrogen-bond donors (Lipinski definition) is 2. The van der Waals surface area contributed by atoms with Crippen molar-refractivity contribution in [3.63, 3.8) is 0 Å². The lowest BCUT2D eigenvalue weighted by atomic mass is 9.94. The summed E-state index contributed by atoms with van der Waals surface area (Å²) < 4.78 is 0. The highest BCUT2D eigenvalue weighted by atomic mass is 16.1. The van der Waals surface area contributed by atoms with Gasteiger partial charge in [-0.25, -0.2) is 0 Å². The van der Waals surface area contributed by atoms with Gasteiger partial charge in [0.25, 0.3) is 5.91 Å². The van der Waals surface area contributed by atoms with Crippen LogP contribution in [0.1, 0.15) is 29.6 Å². The molecule has 0 aromatic heterocycles. The van der Waals surface area contributed by atoms with Gasteiger partial charge in [-0.15, -0.1) is 0 Å². The molecule has 3 heteroatoms. The quantitative estimate of drug-likeness (QED) is 0.800. The topological polar surface area (TPSA) is 41.1 Å². The molecule has 1 aromatic rings. The summed E-state index contributed by atoms with van der Waals surface area (Å²) in [5, 5.41) is 6.05. The Kier molecular flexibility index (Phi) is 4.40. The second-order valence-electron chi connectivity index (χ2n) is 4.69. The van der Waals surface area contributed by atoms with Crippen LogP contribution in [0.3, 0.4) is 0 Å². The molecule has 18 heavy (non-hydrogen) atoms. The Balaban J connectivity index is 1.86. The summed E-state index contributed by atoms with van der Waals surface area (Å²) in [5.41, 5.74) is 1.78. The third kappa shape index (κ3) is 3.36. The second kappa shape index (κ2) is 6.24. The number of rotatable bonds is 4. The van der Waals surface area contributed by atoms with Crippen LogP contribution in [0.25, 0.3) is 0 Å². The van der Waals surface area contributed by atoms with Gasteiger partial charge in [-0.1, -0.05) is 12.2 Å². The molecular formula is C15H20N2O. The summed E-state index contributed by atoms with van der Waals surface area (Å²) in [5.74, 6) is 0.688. The molecule has 1 unspecified atom stereocenters. The van der Waals surface area contributed by atoms with Crippen molar-refractivity contribution in [2.75, 3.05) is 18.9 Å². The van der Waals surface area contributed by atoms with Gasteiger partial charge in [0.15, 0.2) is 0 Å². The van der Waals surface area contributed by atoms with E-state index in [1.54, 1.807) is 7.05 Å². The van der Waals surface area contributed by atoms with Crippen LogP contribution in [-0.4, -0.2) is 19.5 Å². The number of anilines is 1. The van der Waals surface area contributed by atoms with Gasteiger partial charge in [-0.05, 0) is 49.4 Å². The van der Waals surface area contributed by atoms with Crippen LogP contribution in [0.2, 0.25) is 0 Å². The Morgan fingerprint density at radius 3 is 2.67 bits per heavy atom. The molecule has 0 aliphatic heterocycles. The molecule has 0 heterocycles. The van der Waals surface area contributed by atoms with Gasteiger partial charge in [0.1, 0.15) is 0 Å². The van der Waals surface area contributed by atoms with E-state index in [4.69, 9.17) is 0 Å². The SMILES string of the molecule is CNC(=O)c1ccc(NCC2CC=CCC2)cc1. The van der Waals surface area contributed by atoms with Crippen molar-refractivity contribution in [2.45, 2.75) is 19.3 Å². The first-order valence-electron chi connectivity index (χ1n) is 6.50. The van der Waals surface area contributed by atoms with Crippen LogP contribution in [0.15, 0.2) is 36.4 Å². The van der Waals surface area contributed by atoms with Crippen LogP contribution in [0, 0.1) is 5.92 Å². The normalized spacial score (nSPS) is 18.4. The van der Waals surface area contributed by atoms with E-state index in [9.17, 15) is 4.79 Å². The van der Waals surface area contributed by atoms with Crippen LogP contribution < -0.4 is 10.6 Å². The lowest BCUT2D eigenvalue weighted by molar-refractivity contribution is 0.0963. The predicted molar refractivity (Wildman–Crippen MR) is 74.8 cm³/mol. The van der Waals surface area contributed by atoms with E-state index < -0.39 is 0 Å². The zero-order valence-corrected chi connectivity index (χ0v) is 10.8. The van der Waals surface area contributed by atoms with Crippen molar-refractivity contribution in [3.8, 4) is 0 Å². The molecule has 0 radical (unpaired) electrons. The monoisotopic (exact) mass is 244 g/mol. The van der Waals surface area contributed by atoms with Gasteiger partial charge in [0.05, 0.1) is 0 Å². The Morgan fingerprint density at radius 1 is 1.28 bits per heavy atom. The molecule has 1 amide bonds. The first kappa shape index (κ1) is 12.7. The van der Waals surface area contributed by atoms with Crippen LogP contribution in [0.5, 0.6) is 0 Å². The number of carbonyl (C=O) groups excluding carboxylic acids is 1. The number of carbonyl (C=O) groups is 1. The molecule has 1 aromatic carbocycles. The minimum absolute atomic E-state index is 0.0426. The summed E-state index contributed by atoms with van der Waals surface area (Å²) in [6.07, 6.45) is 8.16. The van der Waals surface area contributed by atoms with E-state index in [2.05, 4.69) is 22.8 Å². The fourth-order valence-corrected chi connectivity index (χ4v) is 2.19. The molecule has 0 saturated heterocycles. The third-order valence-electron chi connectivity index (χ3n) is 3.35. The minimum Gasteiger partial charge on any atom is -0.385 e. The van der Waals surface area contributed by atoms with Crippen molar-refractivity contribution in [2.24, 2.45) is 5.92 Å². The summed E-state index contributed by atoms with van der Waals surface area (Å²) in [6.45, 7) is 1.00. The average molecular weight is 244 g/mol. The minimum atomic E-state index is -0.0426. The standard InChI is InChI=1S/C15H20N2O/c1-16-15(18)13-7-9-14(10-8-13)17-11-12-5-3-2-4-6-12/h2-3,7-10,12,17H,4-6,11H2,1H3,(H,16,18). The van der Waals surface area contributed by atoms with Gasteiger partial charge < -0.3 is 10.6 Å². The summed E-state index contributed by atoms with van der Waals surface area (Å²) in [7, 11) is 1.64. The van der Waals surface area contributed by atoms with Gasteiger partial charge >= 0.3 is 0 Å². The maximum Gasteiger partial charge on any atom is 0.251 e. The molecule has 2 rings (SSSR count). The van der Waals surface area contributed by atoms with Crippen molar-refractivity contribution < 1.29 is 4.79 Å². The molecule has 0 spiro atoms. The molecular weight excluding hydrogens is 224 g/mol. The van der Waals surface area contributed by atoms with E-state index in [1.165, 1.54) is 19.3 Å². The zero-order valence-electron chi connectivity index (χ0n) is 10.8. The van der Waals surface area contributed by atoms with Gasteiger partial charge in [0, 0.05) is 24.8 Å². The fraction of sp³-hybridized carbons (Fsp3) is 0.400. The van der Waals surface area contributed by atoms with E-state index in [0.717, 1.165) is 18.2 Å². The Labute approximate surface area is 108 Å². The maximum absolute atomic E-state index is 11.4. The Bertz CT molecular complexity index is 423. The number of allylic oxidation sites excluding steroid dienone is 2. The zero-order chi connectivity index (χ0) is 12.8. The third-order valence-corrected chi connectivity index (χ3v) is 3.35. The lowest BCUT2D eigenvalue weighted by Gasteiger charge is -2.18. The maximum atomic E-state index is 11.4. The highest BCUT2D eigenvalue weighted by Gasteiger charge is 2.09. The predicted octanol–water partition coefficient (Wildman–Crippen LogP) is 2.81. The number of nitrogens with one attached hydrogen (secondary N) is 2. The highest BCUT2D eigenvalue weighted by molar-refractivity contribution is 5.94. The molecule has 3 nitrogen and oxygen atoms in total. The van der Waals surface area contributed by atoms with E-state index in [-0.39, 0.29) is 5.91 Å². The lowest BCUT2D eigenvalue weighted by Crippen LogP contribution is -2.18. The second-order valence-corrected chi connectivity index (χ2v) is 4.69. The molecule has 1 aliphatic carbocycles. The molecule has 1 atom stereocenters. The van der Waals surface area contributed by atoms with Crippen LogP contribution >= 0.6 is 0 Å².